The number of fused-ring (bicyclic) bond motifs is 1. The lowest BCUT2D eigenvalue weighted by molar-refractivity contribution is -0.139. The van der Waals surface area contributed by atoms with Gasteiger partial charge < -0.3 is 9.30 Å². The minimum absolute atomic E-state index is 0.189. The summed E-state index contributed by atoms with van der Waals surface area (Å²) < 4.78 is 45.0. The summed E-state index contributed by atoms with van der Waals surface area (Å²) in [5.41, 5.74) is 0.569. The number of unbranched alkanes of at least 4 members (excludes halogenated alkanes) is 2. The molecular weight excluding hydrogens is 331 g/mol. The summed E-state index contributed by atoms with van der Waals surface area (Å²) in [4.78, 5) is 12.5. The second-order valence-electron chi connectivity index (χ2n) is 6.23. The summed E-state index contributed by atoms with van der Waals surface area (Å²) in [5.74, 6) is -0.555. The van der Waals surface area contributed by atoms with Crippen LogP contribution in [0.2, 0.25) is 0 Å². The number of benzene rings is 1. The highest BCUT2D eigenvalue weighted by atomic mass is 19.4. The molecule has 1 atom stereocenters. The van der Waals surface area contributed by atoms with Gasteiger partial charge in [-0.15, -0.1) is 0 Å². The van der Waals surface area contributed by atoms with Crippen LogP contribution in [-0.2, 0) is 11.3 Å². The van der Waals surface area contributed by atoms with Gasteiger partial charge in [-0.1, -0.05) is 44.9 Å². The standard InChI is InChI=1S/C19H24F3NO2/c1-3-5-6-9-14(4-2)25-18(24)16-12-23(13-19(20,21)22)17-11-8-7-10-15(16)17/h7-8,10-12,14H,3-6,9,13H2,1-2H3. The van der Waals surface area contributed by atoms with E-state index in [1.165, 1.54) is 6.20 Å². The van der Waals surface area contributed by atoms with Crippen molar-refractivity contribution >= 4 is 16.9 Å². The lowest BCUT2D eigenvalue weighted by Gasteiger charge is -2.15. The molecule has 0 aliphatic carbocycles. The molecular formula is C19H24F3NO2. The van der Waals surface area contributed by atoms with Crippen LogP contribution in [-0.4, -0.2) is 22.8 Å². The molecule has 2 aromatic rings. The third kappa shape index (κ3) is 5.25. The number of carbonyl (C=O) groups excluding carboxylic acids is 1. The molecule has 2 rings (SSSR count). The van der Waals surface area contributed by atoms with Crippen molar-refractivity contribution in [3.8, 4) is 0 Å². The van der Waals surface area contributed by atoms with E-state index in [9.17, 15) is 18.0 Å². The molecule has 0 N–H and O–H groups in total. The predicted molar refractivity (Wildman–Crippen MR) is 91.6 cm³/mol. The Hall–Kier alpha value is -1.98. The molecule has 0 amide bonds. The van der Waals surface area contributed by atoms with Crippen molar-refractivity contribution in [2.24, 2.45) is 0 Å². The molecule has 25 heavy (non-hydrogen) atoms. The van der Waals surface area contributed by atoms with Crippen molar-refractivity contribution in [2.45, 2.75) is 64.8 Å². The summed E-state index contributed by atoms with van der Waals surface area (Å²) in [6.07, 6.45) is 1.28. The van der Waals surface area contributed by atoms with Gasteiger partial charge in [0.25, 0.3) is 0 Å². The van der Waals surface area contributed by atoms with Gasteiger partial charge in [-0.2, -0.15) is 13.2 Å². The fourth-order valence-electron chi connectivity index (χ4n) is 2.92. The Kier molecular flexibility index (Phi) is 6.51. The van der Waals surface area contributed by atoms with Gasteiger partial charge >= 0.3 is 12.1 Å². The number of hydrogen-bond acceptors (Lipinski definition) is 2. The number of halogens is 3. The highest BCUT2D eigenvalue weighted by Gasteiger charge is 2.30. The predicted octanol–water partition coefficient (Wildman–Crippen LogP) is 5.72. The average molecular weight is 355 g/mol. The van der Waals surface area contributed by atoms with Crippen LogP contribution < -0.4 is 0 Å². The first-order valence-corrected chi connectivity index (χ1v) is 8.71. The Labute approximate surface area is 145 Å². The number of alkyl halides is 3. The molecule has 1 aromatic heterocycles. The van der Waals surface area contributed by atoms with Crippen LogP contribution in [0.4, 0.5) is 13.2 Å². The minimum atomic E-state index is -4.35. The van der Waals surface area contributed by atoms with Crippen molar-refractivity contribution in [3.05, 3.63) is 36.0 Å². The van der Waals surface area contributed by atoms with Gasteiger partial charge in [-0.3, -0.25) is 0 Å². The van der Waals surface area contributed by atoms with Gasteiger partial charge in [0.05, 0.1) is 5.56 Å². The van der Waals surface area contributed by atoms with Crippen LogP contribution in [0, 0.1) is 0 Å². The molecule has 0 fully saturated rings. The van der Waals surface area contributed by atoms with E-state index in [4.69, 9.17) is 4.74 Å². The molecule has 6 heteroatoms. The number of aromatic nitrogens is 1. The number of esters is 1. The topological polar surface area (TPSA) is 31.2 Å². The van der Waals surface area contributed by atoms with Crippen LogP contribution in [0.3, 0.4) is 0 Å². The Morgan fingerprint density at radius 3 is 2.56 bits per heavy atom. The van der Waals surface area contributed by atoms with Gasteiger partial charge in [0.1, 0.15) is 12.6 Å². The Balaban J connectivity index is 2.23. The second kappa shape index (κ2) is 8.41. The maximum Gasteiger partial charge on any atom is 0.406 e. The number of hydrogen-bond donors (Lipinski definition) is 0. The van der Waals surface area contributed by atoms with Gasteiger partial charge in [-0.25, -0.2) is 4.79 Å². The third-order valence-electron chi connectivity index (χ3n) is 4.22. The summed E-state index contributed by atoms with van der Waals surface area (Å²) >= 11 is 0. The zero-order chi connectivity index (χ0) is 18.4. The molecule has 3 nitrogen and oxygen atoms in total. The van der Waals surface area contributed by atoms with E-state index < -0.39 is 18.7 Å². The summed E-state index contributed by atoms with van der Waals surface area (Å²) in [6, 6.07) is 6.59. The van der Waals surface area contributed by atoms with E-state index in [0.717, 1.165) is 30.3 Å². The Morgan fingerprint density at radius 1 is 1.20 bits per heavy atom. The van der Waals surface area contributed by atoms with Crippen LogP contribution in [0.25, 0.3) is 10.9 Å². The van der Waals surface area contributed by atoms with Crippen LogP contribution in [0.15, 0.2) is 30.5 Å². The monoisotopic (exact) mass is 355 g/mol. The van der Waals surface area contributed by atoms with Crippen molar-refractivity contribution in [1.29, 1.82) is 0 Å². The fraction of sp³-hybridized carbons (Fsp3) is 0.526. The van der Waals surface area contributed by atoms with Crippen LogP contribution >= 0.6 is 0 Å². The van der Waals surface area contributed by atoms with E-state index >= 15 is 0 Å². The summed E-state index contributed by atoms with van der Waals surface area (Å²) in [5, 5.41) is 0.486. The number of ether oxygens (including phenoxy) is 1. The molecule has 1 aromatic carbocycles. The molecule has 0 aliphatic heterocycles. The molecule has 0 saturated carbocycles. The van der Waals surface area contributed by atoms with E-state index in [2.05, 4.69) is 6.92 Å². The second-order valence-corrected chi connectivity index (χ2v) is 6.23. The molecule has 138 valence electrons. The summed E-state index contributed by atoms with van der Waals surface area (Å²) in [7, 11) is 0. The first kappa shape index (κ1) is 19.3. The minimum Gasteiger partial charge on any atom is -0.459 e. The van der Waals surface area contributed by atoms with Gasteiger partial charge in [0.15, 0.2) is 0 Å². The molecule has 0 aliphatic rings. The van der Waals surface area contributed by atoms with Crippen LogP contribution in [0.5, 0.6) is 0 Å². The lowest BCUT2D eigenvalue weighted by Crippen LogP contribution is -2.18. The van der Waals surface area contributed by atoms with E-state index in [1.807, 2.05) is 6.92 Å². The van der Waals surface area contributed by atoms with Crippen molar-refractivity contribution in [2.75, 3.05) is 0 Å². The molecule has 1 unspecified atom stereocenters. The first-order valence-electron chi connectivity index (χ1n) is 8.71. The smallest absolute Gasteiger partial charge is 0.406 e. The Bertz CT molecular complexity index is 706. The van der Waals surface area contributed by atoms with E-state index in [0.29, 0.717) is 17.3 Å². The fourth-order valence-corrected chi connectivity index (χ4v) is 2.92. The largest absolute Gasteiger partial charge is 0.459 e. The van der Waals surface area contributed by atoms with Gasteiger partial charge in [0, 0.05) is 17.1 Å². The zero-order valence-electron chi connectivity index (χ0n) is 14.6. The number of nitrogens with zero attached hydrogens (tertiary/aromatic N) is 1. The highest BCUT2D eigenvalue weighted by molar-refractivity contribution is 6.04. The molecule has 0 bridgehead atoms. The summed E-state index contributed by atoms with van der Waals surface area (Å²) in [6.45, 7) is 2.91. The lowest BCUT2D eigenvalue weighted by atomic mass is 10.1. The van der Waals surface area contributed by atoms with Crippen LogP contribution in [0.1, 0.15) is 56.3 Å². The molecule has 0 spiro atoms. The normalized spacial score (nSPS) is 13.2. The average Bonchev–Trinajstić information content (AvgIpc) is 2.91. The Morgan fingerprint density at radius 2 is 1.92 bits per heavy atom. The molecule has 1 heterocycles. The van der Waals surface area contributed by atoms with E-state index in [-0.39, 0.29) is 11.7 Å². The van der Waals surface area contributed by atoms with Gasteiger partial charge in [-0.05, 0) is 25.3 Å². The number of rotatable bonds is 8. The van der Waals surface area contributed by atoms with Crippen molar-refractivity contribution < 1.29 is 22.7 Å². The first-order chi connectivity index (χ1) is 11.9. The van der Waals surface area contributed by atoms with Gasteiger partial charge in [0.2, 0.25) is 0 Å². The quantitative estimate of drug-likeness (QED) is 0.448. The van der Waals surface area contributed by atoms with E-state index in [1.54, 1.807) is 24.3 Å². The van der Waals surface area contributed by atoms with Crippen molar-refractivity contribution in [1.82, 2.24) is 4.57 Å². The maximum atomic E-state index is 12.8. The molecule has 0 radical (unpaired) electrons. The number of para-hydroxylation sites is 1. The van der Waals surface area contributed by atoms with Crippen molar-refractivity contribution in [3.63, 3.8) is 0 Å². The third-order valence-corrected chi connectivity index (χ3v) is 4.22. The SMILES string of the molecule is CCCCCC(CC)OC(=O)c1cn(CC(F)(F)F)c2ccccc12. The molecule has 0 saturated heterocycles. The number of carbonyl (C=O) groups is 1. The maximum absolute atomic E-state index is 12.8. The zero-order valence-corrected chi connectivity index (χ0v) is 14.6. The highest BCUT2D eigenvalue weighted by Crippen LogP contribution is 2.27.